The monoisotopic (exact) mass is 279 g/mol. The van der Waals surface area contributed by atoms with Gasteiger partial charge in [0.1, 0.15) is 11.4 Å². The molecule has 0 radical (unpaired) electrons. The maximum atomic E-state index is 10.7. The molecule has 1 saturated heterocycles. The van der Waals surface area contributed by atoms with Crippen LogP contribution in [0.4, 0.5) is 0 Å². The molecule has 1 atom stereocenters. The van der Waals surface area contributed by atoms with Gasteiger partial charge in [0.2, 0.25) is 0 Å². The van der Waals surface area contributed by atoms with Crippen molar-refractivity contribution in [3.8, 4) is 0 Å². The minimum Gasteiger partial charge on any atom is -0.462 e. The van der Waals surface area contributed by atoms with Crippen LogP contribution in [0, 0.1) is 0 Å². The van der Waals surface area contributed by atoms with E-state index in [1.54, 1.807) is 0 Å². The van der Waals surface area contributed by atoms with Gasteiger partial charge in [-0.3, -0.25) is 9.59 Å². The van der Waals surface area contributed by atoms with E-state index in [0.717, 1.165) is 13.1 Å². The number of halogens is 1. The zero-order valence-corrected chi connectivity index (χ0v) is 11.0. The van der Waals surface area contributed by atoms with Crippen LogP contribution in [-0.4, -0.2) is 35.8 Å². The maximum Gasteiger partial charge on any atom is 0.293 e. The van der Waals surface area contributed by atoms with E-state index in [4.69, 9.17) is 0 Å². The molecule has 0 aliphatic carbocycles. The number of nitrogens with one attached hydrogen (secondary N) is 1. The fourth-order valence-electron chi connectivity index (χ4n) is 0.855. The van der Waals surface area contributed by atoms with Crippen LogP contribution in [0.15, 0.2) is 0 Å². The van der Waals surface area contributed by atoms with Crippen molar-refractivity contribution in [3.63, 3.8) is 0 Å². The average molecular weight is 280 g/mol. The van der Waals surface area contributed by atoms with E-state index in [-0.39, 0.29) is 10.4 Å². The second-order valence-corrected chi connectivity index (χ2v) is 5.32. The van der Waals surface area contributed by atoms with Gasteiger partial charge in [-0.25, -0.2) is 0 Å². The lowest BCUT2D eigenvalue weighted by Gasteiger charge is -2.15. The van der Waals surface area contributed by atoms with E-state index >= 15 is 0 Å². The highest BCUT2D eigenvalue weighted by Crippen LogP contribution is 2.05. The smallest absolute Gasteiger partial charge is 0.293 e. The zero-order valence-electron chi connectivity index (χ0n) is 9.38. The average Bonchev–Trinajstić information content (AvgIpc) is 2.09. The van der Waals surface area contributed by atoms with E-state index in [2.05, 4.69) is 26.0 Å². The molecule has 0 aromatic carbocycles. The van der Waals surface area contributed by atoms with Crippen molar-refractivity contribution in [2.45, 2.75) is 37.6 Å². The van der Waals surface area contributed by atoms with Gasteiger partial charge in [0.15, 0.2) is 0 Å². The standard InChI is InChI=1S/C5H8BrNO.C5H10O2/c6-4-3-7-2-1-5(4)8;1-5(2,3)7-4-6/h4,7H,1-3H2;4H,1-3H3. The van der Waals surface area contributed by atoms with Gasteiger partial charge in [-0.05, 0) is 20.8 Å². The predicted octanol–water partition coefficient (Wildman–Crippen LogP) is 1.27. The molecule has 88 valence electrons. The van der Waals surface area contributed by atoms with Crippen molar-refractivity contribution in [2.24, 2.45) is 0 Å². The normalized spacial score (nSPS) is 21.3. The summed E-state index contributed by atoms with van der Waals surface area (Å²) in [5.41, 5.74) is -0.318. The Morgan fingerprint density at radius 3 is 2.33 bits per heavy atom. The van der Waals surface area contributed by atoms with Gasteiger partial charge in [0.25, 0.3) is 6.47 Å². The first kappa shape index (κ1) is 14.6. The molecule has 1 fully saturated rings. The summed E-state index contributed by atoms with van der Waals surface area (Å²) in [6.45, 7) is 7.56. The number of rotatable bonds is 1. The second-order valence-electron chi connectivity index (χ2n) is 4.21. The third kappa shape index (κ3) is 8.57. The maximum absolute atomic E-state index is 10.7. The lowest BCUT2D eigenvalue weighted by Crippen LogP contribution is -2.37. The van der Waals surface area contributed by atoms with E-state index in [1.165, 1.54) is 0 Å². The summed E-state index contributed by atoms with van der Waals surface area (Å²) >= 11 is 3.24. The van der Waals surface area contributed by atoms with Gasteiger partial charge in [0.05, 0.1) is 4.83 Å². The molecule has 0 aromatic heterocycles. The first-order valence-corrected chi connectivity index (χ1v) is 5.77. The lowest BCUT2D eigenvalue weighted by molar-refractivity contribution is -0.138. The topological polar surface area (TPSA) is 55.4 Å². The largest absolute Gasteiger partial charge is 0.462 e. The molecule has 1 aliphatic rings. The van der Waals surface area contributed by atoms with Crippen molar-refractivity contribution < 1.29 is 14.3 Å². The quantitative estimate of drug-likeness (QED) is 0.580. The van der Waals surface area contributed by atoms with Crippen LogP contribution in [0.3, 0.4) is 0 Å². The Labute approximate surface area is 98.9 Å². The second kappa shape index (κ2) is 6.95. The summed E-state index contributed by atoms with van der Waals surface area (Å²) < 4.78 is 4.55. The summed E-state index contributed by atoms with van der Waals surface area (Å²) in [4.78, 5) is 20.4. The molecule has 0 aromatic rings. The van der Waals surface area contributed by atoms with Gasteiger partial charge in [-0.1, -0.05) is 15.9 Å². The Morgan fingerprint density at radius 1 is 1.53 bits per heavy atom. The van der Waals surface area contributed by atoms with Gasteiger partial charge in [-0.2, -0.15) is 0 Å². The van der Waals surface area contributed by atoms with Crippen LogP contribution in [0.2, 0.25) is 0 Å². The predicted molar refractivity (Wildman–Crippen MR) is 62.1 cm³/mol. The number of carbonyl (C=O) groups excluding carboxylic acids is 2. The van der Waals surface area contributed by atoms with Gasteiger partial charge >= 0.3 is 0 Å². The van der Waals surface area contributed by atoms with Crippen molar-refractivity contribution in [3.05, 3.63) is 0 Å². The van der Waals surface area contributed by atoms with Gasteiger partial charge in [0, 0.05) is 19.5 Å². The third-order valence-electron chi connectivity index (χ3n) is 1.62. The van der Waals surface area contributed by atoms with Crippen molar-refractivity contribution in [1.29, 1.82) is 0 Å². The van der Waals surface area contributed by atoms with E-state index < -0.39 is 0 Å². The zero-order chi connectivity index (χ0) is 11.9. The molecule has 1 aliphatic heterocycles. The van der Waals surface area contributed by atoms with Crippen LogP contribution in [0.5, 0.6) is 0 Å². The number of ketones is 1. The molecule has 5 heteroatoms. The first-order chi connectivity index (χ1) is 6.87. The molecule has 1 heterocycles. The third-order valence-corrected chi connectivity index (χ3v) is 2.46. The SMILES string of the molecule is CC(C)(C)OC=O.O=C1CCNCC1Br. The van der Waals surface area contributed by atoms with E-state index in [9.17, 15) is 9.59 Å². The van der Waals surface area contributed by atoms with Crippen molar-refractivity contribution in [1.82, 2.24) is 5.32 Å². The van der Waals surface area contributed by atoms with Crippen LogP contribution >= 0.6 is 15.9 Å². The summed E-state index contributed by atoms with van der Waals surface area (Å²) in [7, 11) is 0. The van der Waals surface area contributed by atoms with Crippen molar-refractivity contribution in [2.75, 3.05) is 13.1 Å². The Kier molecular flexibility index (Phi) is 6.76. The summed E-state index contributed by atoms with van der Waals surface area (Å²) in [5, 5.41) is 3.10. The Hall–Kier alpha value is -0.420. The van der Waals surface area contributed by atoms with Crippen LogP contribution in [0.25, 0.3) is 0 Å². The molecule has 1 unspecified atom stereocenters. The van der Waals surface area contributed by atoms with Crippen LogP contribution in [-0.2, 0) is 14.3 Å². The van der Waals surface area contributed by atoms with Crippen LogP contribution in [0.1, 0.15) is 27.2 Å². The molecule has 0 saturated carbocycles. The van der Waals surface area contributed by atoms with E-state index in [1.807, 2.05) is 20.8 Å². The van der Waals surface area contributed by atoms with Gasteiger partial charge < -0.3 is 10.1 Å². The van der Waals surface area contributed by atoms with E-state index in [0.29, 0.717) is 18.7 Å². The highest BCUT2D eigenvalue weighted by Gasteiger charge is 2.17. The number of alkyl halides is 1. The number of carbonyl (C=O) groups is 2. The highest BCUT2D eigenvalue weighted by atomic mass is 79.9. The lowest BCUT2D eigenvalue weighted by atomic mass is 10.1. The Morgan fingerprint density at radius 2 is 2.13 bits per heavy atom. The fraction of sp³-hybridized carbons (Fsp3) is 0.800. The molecular formula is C10H18BrNO3. The highest BCUT2D eigenvalue weighted by molar-refractivity contribution is 9.10. The van der Waals surface area contributed by atoms with Crippen molar-refractivity contribution >= 4 is 28.2 Å². The number of Topliss-reactive ketones (excluding diaryl/α,β-unsaturated/α-hetero) is 1. The Bertz CT molecular complexity index is 213. The van der Waals surface area contributed by atoms with Gasteiger partial charge in [-0.15, -0.1) is 0 Å². The molecule has 0 amide bonds. The number of ether oxygens (including phenoxy) is 1. The molecular weight excluding hydrogens is 262 g/mol. The molecule has 0 bridgehead atoms. The minimum absolute atomic E-state index is 0.0660. The molecule has 15 heavy (non-hydrogen) atoms. The molecule has 1 N–H and O–H groups in total. The van der Waals surface area contributed by atoms with Crippen LogP contribution < -0.4 is 5.32 Å². The molecule has 1 rings (SSSR count). The number of hydrogen-bond acceptors (Lipinski definition) is 4. The summed E-state index contributed by atoms with van der Waals surface area (Å²) in [6.07, 6.45) is 0.677. The molecule has 4 nitrogen and oxygen atoms in total. The fourth-order valence-corrected chi connectivity index (χ4v) is 1.31. The Balaban J connectivity index is 0.000000265. The molecule has 0 spiro atoms. The number of piperidine rings is 1. The summed E-state index contributed by atoms with van der Waals surface area (Å²) in [6, 6.07) is 0. The number of hydrogen-bond donors (Lipinski definition) is 1. The first-order valence-electron chi connectivity index (χ1n) is 4.86. The minimum atomic E-state index is -0.318. The summed E-state index contributed by atoms with van der Waals surface area (Å²) in [5.74, 6) is 0.323.